The van der Waals surface area contributed by atoms with E-state index >= 15 is 0 Å². The van der Waals surface area contributed by atoms with Gasteiger partial charge >= 0.3 is 0 Å². The van der Waals surface area contributed by atoms with Gasteiger partial charge in [-0.3, -0.25) is 4.79 Å². The van der Waals surface area contributed by atoms with Gasteiger partial charge in [0, 0.05) is 13.6 Å². The molecule has 0 fully saturated rings. The maximum absolute atomic E-state index is 11.5. The molecule has 1 amide bonds. The lowest BCUT2D eigenvalue weighted by Gasteiger charge is -2.18. The lowest BCUT2D eigenvalue weighted by atomic mass is 9.98. The number of rotatable bonds is 5. The first-order valence-electron chi connectivity index (χ1n) is 9.37. The second kappa shape index (κ2) is 8.08. The molecular weight excluding hydrogens is 352 g/mol. The second-order valence-corrected chi connectivity index (χ2v) is 6.71. The van der Waals surface area contributed by atoms with Crippen molar-refractivity contribution >= 4 is 11.7 Å². The number of nitrogens with zero attached hydrogens (tertiary/aromatic N) is 2. The molecule has 2 aromatic carbocycles. The zero-order chi connectivity index (χ0) is 19.3. The van der Waals surface area contributed by atoms with Gasteiger partial charge in [-0.2, -0.15) is 0 Å². The minimum atomic E-state index is -0.247. The zero-order valence-corrected chi connectivity index (χ0v) is 15.7. The molecule has 142 valence electrons. The average Bonchev–Trinajstić information content (AvgIpc) is 2.77. The number of anilines is 1. The van der Waals surface area contributed by atoms with E-state index in [1.807, 2.05) is 0 Å². The molecule has 0 bridgehead atoms. The highest BCUT2D eigenvalue weighted by molar-refractivity contribution is 5.91. The van der Waals surface area contributed by atoms with Crippen molar-refractivity contribution in [3.8, 4) is 16.9 Å². The largest absolute Gasteiger partial charge is 0.493 e. The maximum Gasteiger partial charge on any atom is 0.271 e. The van der Waals surface area contributed by atoms with E-state index in [9.17, 15) is 4.79 Å². The highest BCUT2D eigenvalue weighted by atomic mass is 16.5. The molecule has 28 heavy (non-hydrogen) atoms. The van der Waals surface area contributed by atoms with Gasteiger partial charge in [0.1, 0.15) is 11.6 Å². The SMILES string of the molecule is CNC(=O)c1ccc(NCc2ccc(-c3ccc4c(c3)CCCO4)cc2)nn1. The molecule has 1 aromatic heterocycles. The van der Waals surface area contributed by atoms with Crippen LogP contribution in [0.15, 0.2) is 54.6 Å². The fraction of sp³-hybridized carbons (Fsp3) is 0.227. The number of aryl methyl sites for hydroxylation is 1. The number of hydrogen-bond donors (Lipinski definition) is 2. The molecule has 1 aliphatic rings. The number of aromatic nitrogens is 2. The number of carbonyl (C=O) groups excluding carboxylic acids is 1. The van der Waals surface area contributed by atoms with E-state index in [2.05, 4.69) is 63.3 Å². The molecule has 2 heterocycles. The second-order valence-electron chi connectivity index (χ2n) is 6.71. The van der Waals surface area contributed by atoms with Gasteiger partial charge in [0.05, 0.1) is 6.61 Å². The quantitative estimate of drug-likeness (QED) is 0.715. The first-order chi connectivity index (χ1) is 13.7. The Morgan fingerprint density at radius 1 is 1.04 bits per heavy atom. The van der Waals surface area contributed by atoms with Crippen LogP contribution >= 0.6 is 0 Å². The van der Waals surface area contributed by atoms with Gasteiger partial charge in [-0.05, 0) is 59.4 Å². The summed E-state index contributed by atoms with van der Waals surface area (Å²) < 4.78 is 5.69. The Labute approximate surface area is 164 Å². The van der Waals surface area contributed by atoms with Crippen LogP contribution in [0.2, 0.25) is 0 Å². The van der Waals surface area contributed by atoms with Crippen LogP contribution in [0, 0.1) is 0 Å². The summed E-state index contributed by atoms with van der Waals surface area (Å²) in [5.74, 6) is 1.40. The van der Waals surface area contributed by atoms with E-state index < -0.39 is 0 Å². The number of hydrogen-bond acceptors (Lipinski definition) is 5. The fourth-order valence-electron chi connectivity index (χ4n) is 3.22. The van der Waals surface area contributed by atoms with E-state index in [1.165, 1.54) is 16.7 Å². The van der Waals surface area contributed by atoms with Gasteiger partial charge in [-0.25, -0.2) is 0 Å². The van der Waals surface area contributed by atoms with Crippen LogP contribution in [0.5, 0.6) is 5.75 Å². The Balaban J connectivity index is 1.40. The van der Waals surface area contributed by atoms with Crippen LogP contribution in [-0.2, 0) is 13.0 Å². The Morgan fingerprint density at radius 2 is 1.86 bits per heavy atom. The van der Waals surface area contributed by atoms with Crippen molar-refractivity contribution in [2.24, 2.45) is 0 Å². The number of carbonyl (C=O) groups is 1. The Kier molecular flexibility index (Phi) is 5.19. The summed E-state index contributed by atoms with van der Waals surface area (Å²) >= 11 is 0. The van der Waals surface area contributed by atoms with Crippen molar-refractivity contribution in [1.82, 2.24) is 15.5 Å². The van der Waals surface area contributed by atoms with Crippen molar-refractivity contribution in [3.05, 3.63) is 71.4 Å². The first kappa shape index (κ1) is 18.0. The maximum atomic E-state index is 11.5. The minimum Gasteiger partial charge on any atom is -0.493 e. The van der Waals surface area contributed by atoms with Gasteiger partial charge in [0.2, 0.25) is 0 Å². The molecule has 6 heteroatoms. The van der Waals surface area contributed by atoms with Gasteiger partial charge < -0.3 is 15.4 Å². The molecule has 6 nitrogen and oxygen atoms in total. The van der Waals surface area contributed by atoms with E-state index in [-0.39, 0.29) is 5.91 Å². The number of ether oxygens (including phenoxy) is 1. The van der Waals surface area contributed by atoms with Crippen molar-refractivity contribution in [1.29, 1.82) is 0 Å². The Morgan fingerprint density at radius 3 is 2.61 bits per heavy atom. The van der Waals surface area contributed by atoms with Crippen LogP contribution in [0.4, 0.5) is 5.82 Å². The van der Waals surface area contributed by atoms with Gasteiger partial charge in [-0.1, -0.05) is 30.3 Å². The predicted octanol–water partition coefficient (Wildman–Crippen LogP) is 3.44. The standard InChI is InChI=1S/C22H22N4O2/c1-23-22(27)19-9-11-21(26-25-19)24-14-15-4-6-16(7-5-15)17-8-10-20-18(13-17)3-2-12-28-20/h4-11,13H,2-3,12,14H2,1H3,(H,23,27)(H,24,26). The summed E-state index contributed by atoms with van der Waals surface area (Å²) in [6.07, 6.45) is 2.15. The number of amides is 1. The van der Waals surface area contributed by atoms with E-state index in [4.69, 9.17) is 4.74 Å². The fourth-order valence-corrected chi connectivity index (χ4v) is 3.22. The third-order valence-corrected chi connectivity index (χ3v) is 4.79. The molecule has 4 rings (SSSR count). The topological polar surface area (TPSA) is 76.1 Å². The average molecular weight is 374 g/mol. The Hall–Kier alpha value is -3.41. The highest BCUT2D eigenvalue weighted by Crippen LogP contribution is 2.30. The van der Waals surface area contributed by atoms with Crippen molar-refractivity contribution in [2.45, 2.75) is 19.4 Å². The lowest BCUT2D eigenvalue weighted by molar-refractivity contribution is 0.0957. The van der Waals surface area contributed by atoms with Crippen molar-refractivity contribution in [3.63, 3.8) is 0 Å². The van der Waals surface area contributed by atoms with Gasteiger partial charge in [0.25, 0.3) is 5.91 Å². The summed E-state index contributed by atoms with van der Waals surface area (Å²) in [5.41, 5.74) is 5.12. The normalized spacial score (nSPS) is 12.6. The summed E-state index contributed by atoms with van der Waals surface area (Å²) in [6, 6.07) is 18.3. The lowest BCUT2D eigenvalue weighted by Crippen LogP contribution is -2.19. The molecule has 0 saturated carbocycles. The first-order valence-corrected chi connectivity index (χ1v) is 9.37. The van der Waals surface area contributed by atoms with E-state index in [0.29, 0.717) is 18.1 Å². The van der Waals surface area contributed by atoms with Crippen molar-refractivity contribution < 1.29 is 9.53 Å². The molecule has 2 N–H and O–H groups in total. The molecule has 0 aliphatic carbocycles. The summed E-state index contributed by atoms with van der Waals surface area (Å²) in [6.45, 7) is 1.44. The summed E-state index contributed by atoms with van der Waals surface area (Å²) in [4.78, 5) is 11.5. The predicted molar refractivity (Wildman–Crippen MR) is 108 cm³/mol. The molecule has 1 aliphatic heterocycles. The molecule has 0 spiro atoms. The van der Waals surface area contributed by atoms with Gasteiger partial charge in [-0.15, -0.1) is 10.2 Å². The van der Waals surface area contributed by atoms with Crippen LogP contribution in [0.3, 0.4) is 0 Å². The molecule has 3 aromatic rings. The minimum absolute atomic E-state index is 0.247. The van der Waals surface area contributed by atoms with E-state index in [0.717, 1.165) is 30.8 Å². The van der Waals surface area contributed by atoms with Crippen LogP contribution in [0.1, 0.15) is 28.0 Å². The molecule has 0 atom stereocenters. The van der Waals surface area contributed by atoms with Crippen LogP contribution in [-0.4, -0.2) is 29.8 Å². The van der Waals surface area contributed by atoms with E-state index in [1.54, 1.807) is 19.2 Å². The monoisotopic (exact) mass is 374 g/mol. The summed E-state index contributed by atoms with van der Waals surface area (Å²) in [7, 11) is 1.57. The Bertz CT molecular complexity index is 969. The number of benzene rings is 2. The third-order valence-electron chi connectivity index (χ3n) is 4.79. The smallest absolute Gasteiger partial charge is 0.271 e. The number of nitrogens with one attached hydrogen (secondary N) is 2. The molecular formula is C22H22N4O2. The highest BCUT2D eigenvalue weighted by Gasteiger charge is 2.11. The van der Waals surface area contributed by atoms with Gasteiger partial charge in [0.15, 0.2) is 5.69 Å². The number of fused-ring (bicyclic) bond motifs is 1. The molecule has 0 unspecified atom stereocenters. The van der Waals surface area contributed by atoms with Crippen molar-refractivity contribution in [2.75, 3.05) is 19.0 Å². The van der Waals surface area contributed by atoms with Crippen LogP contribution in [0.25, 0.3) is 11.1 Å². The zero-order valence-electron chi connectivity index (χ0n) is 15.7. The molecule has 0 radical (unpaired) electrons. The van der Waals surface area contributed by atoms with Crippen LogP contribution < -0.4 is 15.4 Å². The summed E-state index contributed by atoms with van der Waals surface area (Å²) in [5, 5.41) is 13.7. The molecule has 0 saturated heterocycles. The third kappa shape index (κ3) is 3.96.